The highest BCUT2D eigenvalue weighted by Crippen LogP contribution is 2.35. The van der Waals surface area contributed by atoms with Gasteiger partial charge in [0.25, 0.3) is 0 Å². The third-order valence-electron chi connectivity index (χ3n) is 5.66. The number of rotatable bonds is 1. The Hall–Kier alpha value is -1.84. The van der Waals surface area contributed by atoms with E-state index >= 15 is 0 Å². The lowest BCUT2D eigenvalue weighted by Crippen LogP contribution is -2.54. The molecule has 0 N–H and O–H groups in total. The molecule has 23 heavy (non-hydrogen) atoms. The van der Waals surface area contributed by atoms with E-state index in [1.165, 1.54) is 17.6 Å². The Balaban J connectivity index is 1.59. The number of carbonyl (C=O) groups is 2. The van der Waals surface area contributed by atoms with Gasteiger partial charge in [0.05, 0.1) is 6.54 Å². The summed E-state index contributed by atoms with van der Waals surface area (Å²) < 4.78 is 0. The van der Waals surface area contributed by atoms with Crippen LogP contribution in [0.4, 0.5) is 0 Å². The number of fused-ring (bicyclic) bond motifs is 2. The molecule has 4 heteroatoms. The molecule has 2 aliphatic heterocycles. The van der Waals surface area contributed by atoms with Crippen molar-refractivity contribution in [3.05, 3.63) is 35.1 Å². The maximum atomic E-state index is 12.8. The van der Waals surface area contributed by atoms with Crippen molar-refractivity contribution in [2.24, 2.45) is 5.92 Å². The zero-order valence-electron chi connectivity index (χ0n) is 13.6. The van der Waals surface area contributed by atoms with Gasteiger partial charge in [-0.15, -0.1) is 0 Å². The average molecular weight is 312 g/mol. The van der Waals surface area contributed by atoms with Crippen LogP contribution in [0.3, 0.4) is 0 Å². The maximum Gasteiger partial charge on any atom is 0.246 e. The highest BCUT2D eigenvalue weighted by Gasteiger charge is 2.37. The number of amides is 2. The van der Waals surface area contributed by atoms with Crippen molar-refractivity contribution in [3.8, 4) is 0 Å². The van der Waals surface area contributed by atoms with Gasteiger partial charge in [0.15, 0.2) is 0 Å². The molecule has 0 radical (unpaired) electrons. The molecule has 0 atom stereocenters. The summed E-state index contributed by atoms with van der Waals surface area (Å²) in [5, 5.41) is 0. The first kappa shape index (κ1) is 14.7. The molecule has 2 amide bonds. The minimum atomic E-state index is 0.0940. The molecule has 0 spiro atoms. The molecule has 0 bridgehead atoms. The second-order valence-electron chi connectivity index (χ2n) is 7.07. The first-order chi connectivity index (χ1) is 11.2. The second-order valence-corrected chi connectivity index (χ2v) is 7.07. The summed E-state index contributed by atoms with van der Waals surface area (Å²) in [4.78, 5) is 29.1. The Morgan fingerprint density at radius 2 is 1.96 bits per heavy atom. The van der Waals surface area contributed by atoms with Crippen LogP contribution in [0.25, 0.3) is 0 Å². The molecule has 4 rings (SSSR count). The highest BCUT2D eigenvalue weighted by atomic mass is 16.2. The third-order valence-corrected chi connectivity index (χ3v) is 5.66. The van der Waals surface area contributed by atoms with E-state index in [4.69, 9.17) is 0 Å². The van der Waals surface area contributed by atoms with Crippen LogP contribution >= 0.6 is 0 Å². The fraction of sp³-hybridized carbons (Fsp3) is 0.579. The Morgan fingerprint density at radius 1 is 1.13 bits per heavy atom. The predicted octanol–water partition coefficient (Wildman–Crippen LogP) is 2.78. The molecule has 2 fully saturated rings. The van der Waals surface area contributed by atoms with Crippen LogP contribution < -0.4 is 0 Å². The monoisotopic (exact) mass is 312 g/mol. The van der Waals surface area contributed by atoms with Crippen molar-refractivity contribution in [2.75, 3.05) is 19.6 Å². The molecule has 0 unspecified atom stereocenters. The number of carbonyl (C=O) groups excluding carboxylic acids is 2. The van der Waals surface area contributed by atoms with E-state index in [1.807, 2.05) is 9.80 Å². The molecule has 2 aliphatic carbocycles. The summed E-state index contributed by atoms with van der Waals surface area (Å²) in [5.74, 6) is 0.434. The molecule has 0 aromatic rings. The van der Waals surface area contributed by atoms with Crippen LogP contribution in [0.1, 0.15) is 44.9 Å². The van der Waals surface area contributed by atoms with Gasteiger partial charge in [-0.25, -0.2) is 0 Å². The lowest BCUT2D eigenvalue weighted by atomic mass is 9.86. The van der Waals surface area contributed by atoms with E-state index in [2.05, 4.69) is 18.2 Å². The van der Waals surface area contributed by atoms with E-state index in [9.17, 15) is 9.59 Å². The molecular weight excluding hydrogens is 288 g/mol. The van der Waals surface area contributed by atoms with Crippen molar-refractivity contribution in [2.45, 2.75) is 44.9 Å². The van der Waals surface area contributed by atoms with E-state index < -0.39 is 0 Å². The Morgan fingerprint density at radius 3 is 2.78 bits per heavy atom. The summed E-state index contributed by atoms with van der Waals surface area (Å²) in [5.41, 5.74) is 3.69. The van der Waals surface area contributed by atoms with Crippen molar-refractivity contribution in [3.63, 3.8) is 0 Å². The smallest absolute Gasteiger partial charge is 0.246 e. The van der Waals surface area contributed by atoms with E-state index in [0.29, 0.717) is 6.54 Å². The Kier molecular flexibility index (Phi) is 3.83. The van der Waals surface area contributed by atoms with Crippen molar-refractivity contribution in [1.82, 2.24) is 9.80 Å². The van der Waals surface area contributed by atoms with Gasteiger partial charge in [-0.05, 0) is 36.8 Å². The first-order valence-electron chi connectivity index (χ1n) is 8.91. The van der Waals surface area contributed by atoms with Crippen LogP contribution in [0.5, 0.6) is 0 Å². The van der Waals surface area contributed by atoms with Gasteiger partial charge < -0.3 is 9.80 Å². The van der Waals surface area contributed by atoms with Crippen LogP contribution in [-0.4, -0.2) is 41.2 Å². The second kappa shape index (κ2) is 5.99. The molecule has 4 nitrogen and oxygen atoms in total. The summed E-state index contributed by atoms with van der Waals surface area (Å²) in [6, 6.07) is 0. The molecule has 4 aliphatic rings. The summed E-state index contributed by atoms with van der Waals surface area (Å²) >= 11 is 0. The predicted molar refractivity (Wildman–Crippen MR) is 88.4 cm³/mol. The fourth-order valence-corrected chi connectivity index (χ4v) is 4.37. The van der Waals surface area contributed by atoms with Gasteiger partial charge in [0, 0.05) is 18.2 Å². The van der Waals surface area contributed by atoms with E-state index in [-0.39, 0.29) is 24.3 Å². The van der Waals surface area contributed by atoms with Crippen molar-refractivity contribution < 1.29 is 9.59 Å². The molecule has 0 aromatic carbocycles. The van der Waals surface area contributed by atoms with Gasteiger partial charge in [0.1, 0.15) is 6.54 Å². The number of hydrogen-bond acceptors (Lipinski definition) is 2. The normalized spacial score (nSPS) is 25.2. The summed E-state index contributed by atoms with van der Waals surface area (Å²) in [7, 11) is 0. The standard InChI is InChI=1S/C19H24N2O2/c22-18-13-20(19(23)15-7-2-1-3-8-15)12-17-16-9-5-4-6-14(16)10-11-21(17)18/h4-6,15H,1-3,7-13H2. The number of allylic oxidation sites excluding steroid dienone is 4. The number of nitrogens with zero attached hydrogens (tertiary/aromatic N) is 2. The SMILES string of the molecule is O=C(C1CCCCC1)N1CC(=O)N2CCC3=CC=CCC3=C2C1. The molecule has 1 saturated heterocycles. The van der Waals surface area contributed by atoms with Crippen LogP contribution in [0, 0.1) is 5.92 Å². The Bertz CT molecular complexity index is 623. The summed E-state index contributed by atoms with van der Waals surface area (Å²) in [6.07, 6.45) is 13.8. The van der Waals surface area contributed by atoms with Gasteiger partial charge in [0.2, 0.25) is 11.8 Å². The minimum Gasteiger partial charge on any atom is -0.327 e. The van der Waals surface area contributed by atoms with Gasteiger partial charge >= 0.3 is 0 Å². The fourth-order valence-electron chi connectivity index (χ4n) is 4.37. The van der Waals surface area contributed by atoms with Gasteiger partial charge in [-0.1, -0.05) is 37.5 Å². The van der Waals surface area contributed by atoms with E-state index in [0.717, 1.165) is 50.8 Å². The maximum absolute atomic E-state index is 12.8. The average Bonchev–Trinajstić information content (AvgIpc) is 2.61. The van der Waals surface area contributed by atoms with Crippen LogP contribution in [0.2, 0.25) is 0 Å². The van der Waals surface area contributed by atoms with Crippen LogP contribution in [-0.2, 0) is 9.59 Å². The van der Waals surface area contributed by atoms with E-state index in [1.54, 1.807) is 0 Å². The van der Waals surface area contributed by atoms with Gasteiger partial charge in [-0.2, -0.15) is 0 Å². The molecule has 1 saturated carbocycles. The lowest BCUT2D eigenvalue weighted by molar-refractivity contribution is -0.146. The third kappa shape index (κ3) is 2.64. The summed E-state index contributed by atoms with van der Waals surface area (Å²) in [6.45, 7) is 1.64. The zero-order chi connectivity index (χ0) is 15.8. The van der Waals surface area contributed by atoms with Gasteiger partial charge in [-0.3, -0.25) is 9.59 Å². The molecule has 2 heterocycles. The molecule has 122 valence electrons. The lowest BCUT2D eigenvalue weighted by Gasteiger charge is -2.42. The minimum absolute atomic E-state index is 0.0940. The molecular formula is C19H24N2O2. The Labute approximate surface area is 137 Å². The van der Waals surface area contributed by atoms with Crippen molar-refractivity contribution in [1.29, 1.82) is 0 Å². The first-order valence-corrected chi connectivity index (χ1v) is 8.91. The number of piperazine rings is 1. The zero-order valence-corrected chi connectivity index (χ0v) is 13.6. The number of hydrogen-bond donors (Lipinski definition) is 0. The van der Waals surface area contributed by atoms with Crippen molar-refractivity contribution >= 4 is 11.8 Å². The quantitative estimate of drug-likeness (QED) is 0.747. The highest BCUT2D eigenvalue weighted by molar-refractivity contribution is 5.89. The largest absolute Gasteiger partial charge is 0.327 e. The molecule has 0 aromatic heterocycles. The van der Waals surface area contributed by atoms with Crippen LogP contribution in [0.15, 0.2) is 35.1 Å². The topological polar surface area (TPSA) is 40.6 Å².